The zero-order chi connectivity index (χ0) is 13.4. The molecule has 1 amide bonds. The minimum atomic E-state index is -0.909. The van der Waals surface area contributed by atoms with Crippen LogP contribution in [0.4, 0.5) is 0 Å². The van der Waals surface area contributed by atoms with Gasteiger partial charge in [-0.2, -0.15) is 0 Å². The first-order valence-corrected chi connectivity index (χ1v) is 6.73. The third-order valence-electron chi connectivity index (χ3n) is 4.06. The van der Waals surface area contributed by atoms with Crippen molar-refractivity contribution in [3.05, 3.63) is 30.1 Å². The van der Waals surface area contributed by atoms with E-state index in [0.29, 0.717) is 6.42 Å². The molecule has 1 aromatic heterocycles. The van der Waals surface area contributed by atoms with Gasteiger partial charge < -0.3 is 15.5 Å². The van der Waals surface area contributed by atoms with Gasteiger partial charge in [0.25, 0.3) is 0 Å². The topological polar surface area (TPSA) is 82.5 Å². The number of hydrogen-bond donors (Lipinski definition) is 3. The van der Waals surface area contributed by atoms with Crippen LogP contribution < -0.4 is 5.32 Å². The lowest BCUT2D eigenvalue weighted by Crippen LogP contribution is -2.45. The Morgan fingerprint density at radius 1 is 1.37 bits per heavy atom. The van der Waals surface area contributed by atoms with Crippen LogP contribution in [-0.4, -0.2) is 39.4 Å². The summed E-state index contributed by atoms with van der Waals surface area (Å²) < 4.78 is 0. The first kappa shape index (κ1) is 12.6. The molecule has 3 rings (SSSR count). The van der Waals surface area contributed by atoms with Crippen LogP contribution in [0.3, 0.4) is 0 Å². The van der Waals surface area contributed by atoms with Crippen molar-refractivity contribution in [2.75, 3.05) is 0 Å². The second kappa shape index (κ2) is 4.90. The molecule has 0 unspecified atom stereocenters. The fourth-order valence-corrected chi connectivity index (χ4v) is 2.78. The normalized spacial score (nSPS) is 34.2. The van der Waals surface area contributed by atoms with Crippen molar-refractivity contribution in [1.29, 1.82) is 0 Å². The Labute approximate surface area is 111 Å². The van der Waals surface area contributed by atoms with Crippen LogP contribution in [0.25, 0.3) is 0 Å². The lowest BCUT2D eigenvalue weighted by Gasteiger charge is -2.23. The van der Waals surface area contributed by atoms with Crippen molar-refractivity contribution < 1.29 is 15.0 Å². The maximum Gasteiger partial charge on any atom is 0.223 e. The molecule has 0 radical (unpaired) electrons. The van der Waals surface area contributed by atoms with E-state index in [9.17, 15) is 15.0 Å². The van der Waals surface area contributed by atoms with Crippen LogP contribution in [0.1, 0.15) is 30.7 Å². The van der Waals surface area contributed by atoms with Gasteiger partial charge in [0.2, 0.25) is 5.91 Å². The molecular weight excluding hydrogens is 244 g/mol. The number of carbonyl (C=O) groups excluding carboxylic acids is 1. The standard InChI is InChI=1S/C14H18N2O3/c17-11-6-10(9-2-1-5-15-7-9)12(13(11)18)16-14(19)8-3-4-8/h1-2,5,7-8,10-13,17-18H,3-4,6H2,(H,16,19)/t10-,11-,12-,13-/m1/s1. The summed E-state index contributed by atoms with van der Waals surface area (Å²) in [6.07, 6.45) is 4.00. The van der Waals surface area contributed by atoms with Gasteiger partial charge in [-0.05, 0) is 30.9 Å². The van der Waals surface area contributed by atoms with Gasteiger partial charge in [0.1, 0.15) is 6.10 Å². The summed E-state index contributed by atoms with van der Waals surface area (Å²) in [5.41, 5.74) is 0.944. The first-order chi connectivity index (χ1) is 9.16. The van der Waals surface area contributed by atoms with E-state index < -0.39 is 18.2 Å². The third-order valence-corrected chi connectivity index (χ3v) is 4.06. The van der Waals surface area contributed by atoms with Crippen molar-refractivity contribution in [1.82, 2.24) is 10.3 Å². The molecule has 0 spiro atoms. The van der Waals surface area contributed by atoms with E-state index in [1.807, 2.05) is 12.1 Å². The summed E-state index contributed by atoms with van der Waals surface area (Å²) in [6, 6.07) is 3.32. The van der Waals surface area contributed by atoms with Crippen molar-refractivity contribution in [2.45, 2.75) is 43.4 Å². The highest BCUT2D eigenvalue weighted by Crippen LogP contribution is 2.36. The monoisotopic (exact) mass is 262 g/mol. The van der Waals surface area contributed by atoms with Gasteiger partial charge in [0.05, 0.1) is 12.1 Å². The van der Waals surface area contributed by atoms with E-state index in [1.165, 1.54) is 0 Å². The Morgan fingerprint density at radius 3 is 2.79 bits per heavy atom. The minimum absolute atomic E-state index is 0.00737. The summed E-state index contributed by atoms with van der Waals surface area (Å²) >= 11 is 0. The van der Waals surface area contributed by atoms with Gasteiger partial charge >= 0.3 is 0 Å². The van der Waals surface area contributed by atoms with E-state index in [1.54, 1.807) is 12.4 Å². The minimum Gasteiger partial charge on any atom is -0.390 e. The Morgan fingerprint density at radius 2 is 2.16 bits per heavy atom. The molecule has 5 nitrogen and oxygen atoms in total. The van der Waals surface area contributed by atoms with Gasteiger partial charge in [-0.1, -0.05) is 6.07 Å². The fourth-order valence-electron chi connectivity index (χ4n) is 2.78. The molecule has 2 saturated carbocycles. The van der Waals surface area contributed by atoms with Crippen LogP contribution in [0.15, 0.2) is 24.5 Å². The van der Waals surface area contributed by atoms with Crippen LogP contribution in [0.2, 0.25) is 0 Å². The number of pyridine rings is 1. The summed E-state index contributed by atoms with van der Waals surface area (Å²) in [5.74, 6) is 0.00734. The van der Waals surface area contributed by atoms with Crippen molar-refractivity contribution in [2.24, 2.45) is 5.92 Å². The predicted molar refractivity (Wildman–Crippen MR) is 68.3 cm³/mol. The molecule has 1 aromatic rings. The average molecular weight is 262 g/mol. The SMILES string of the molecule is O=C(N[C@H]1[C@H](O)[C@H](O)C[C@@H]1c1cccnc1)C1CC1. The fraction of sp³-hybridized carbons (Fsp3) is 0.571. The first-order valence-electron chi connectivity index (χ1n) is 6.73. The Bertz CT molecular complexity index is 461. The molecule has 102 valence electrons. The van der Waals surface area contributed by atoms with E-state index in [0.717, 1.165) is 18.4 Å². The molecule has 4 atom stereocenters. The molecule has 1 heterocycles. The quantitative estimate of drug-likeness (QED) is 0.726. The Hall–Kier alpha value is -1.46. The van der Waals surface area contributed by atoms with Gasteiger partial charge in [-0.25, -0.2) is 0 Å². The molecule has 0 aliphatic heterocycles. The van der Waals surface area contributed by atoms with Gasteiger partial charge in [-0.15, -0.1) is 0 Å². The van der Waals surface area contributed by atoms with Crippen molar-refractivity contribution >= 4 is 5.91 Å². The van der Waals surface area contributed by atoms with Gasteiger partial charge in [0.15, 0.2) is 0 Å². The highest BCUT2D eigenvalue weighted by atomic mass is 16.3. The molecular formula is C14H18N2O3. The van der Waals surface area contributed by atoms with Crippen LogP contribution in [-0.2, 0) is 4.79 Å². The number of nitrogens with one attached hydrogen (secondary N) is 1. The Balaban J connectivity index is 1.79. The molecule has 19 heavy (non-hydrogen) atoms. The van der Waals surface area contributed by atoms with E-state index in [2.05, 4.69) is 10.3 Å². The third kappa shape index (κ3) is 2.48. The smallest absolute Gasteiger partial charge is 0.223 e. The summed E-state index contributed by atoms with van der Waals surface area (Å²) in [5, 5.41) is 22.8. The van der Waals surface area contributed by atoms with Crippen LogP contribution in [0.5, 0.6) is 0 Å². The highest BCUT2D eigenvalue weighted by molar-refractivity contribution is 5.81. The van der Waals surface area contributed by atoms with Crippen molar-refractivity contribution in [3.8, 4) is 0 Å². The molecule has 0 bridgehead atoms. The number of amides is 1. The zero-order valence-corrected chi connectivity index (χ0v) is 10.6. The molecule has 0 saturated heterocycles. The number of aromatic nitrogens is 1. The number of hydrogen-bond acceptors (Lipinski definition) is 4. The molecule has 2 aliphatic rings. The average Bonchev–Trinajstić information content (AvgIpc) is 3.23. The van der Waals surface area contributed by atoms with Crippen LogP contribution >= 0.6 is 0 Å². The number of nitrogens with zero attached hydrogens (tertiary/aromatic N) is 1. The number of aliphatic hydroxyl groups is 2. The number of aliphatic hydroxyl groups excluding tert-OH is 2. The molecule has 0 aromatic carbocycles. The largest absolute Gasteiger partial charge is 0.390 e. The van der Waals surface area contributed by atoms with Gasteiger partial charge in [0, 0.05) is 24.2 Å². The van der Waals surface area contributed by atoms with Gasteiger partial charge in [-0.3, -0.25) is 9.78 Å². The predicted octanol–water partition coefficient (Wildman–Crippen LogP) is 0.185. The number of rotatable bonds is 3. The maximum atomic E-state index is 11.9. The zero-order valence-electron chi connectivity index (χ0n) is 10.6. The van der Waals surface area contributed by atoms with Crippen molar-refractivity contribution in [3.63, 3.8) is 0 Å². The summed E-state index contributed by atoms with van der Waals surface area (Å²) in [6.45, 7) is 0. The maximum absolute atomic E-state index is 11.9. The Kier molecular flexibility index (Phi) is 3.24. The molecule has 5 heteroatoms. The van der Waals surface area contributed by atoms with Crippen LogP contribution in [0, 0.1) is 5.92 Å². The highest BCUT2D eigenvalue weighted by Gasteiger charge is 2.44. The summed E-state index contributed by atoms with van der Waals surface area (Å²) in [7, 11) is 0. The molecule has 2 aliphatic carbocycles. The molecule has 3 N–H and O–H groups in total. The van der Waals surface area contributed by atoms with E-state index in [-0.39, 0.29) is 17.7 Å². The van der Waals surface area contributed by atoms with E-state index >= 15 is 0 Å². The van der Waals surface area contributed by atoms with E-state index in [4.69, 9.17) is 0 Å². The lowest BCUT2D eigenvalue weighted by atomic mass is 9.95. The summed E-state index contributed by atoms with van der Waals surface area (Å²) in [4.78, 5) is 15.9. The lowest BCUT2D eigenvalue weighted by molar-refractivity contribution is -0.124. The molecule has 2 fully saturated rings. The second-order valence-corrected chi connectivity index (χ2v) is 5.50. The number of carbonyl (C=O) groups is 1. The second-order valence-electron chi connectivity index (χ2n) is 5.50.